The highest BCUT2D eigenvalue weighted by molar-refractivity contribution is 5.78. The molecule has 2 bridgehead atoms. The molecule has 1 heterocycles. The molecule has 3 rings (SSSR count). The average Bonchev–Trinajstić information content (AvgIpc) is 2.82. The van der Waals surface area contributed by atoms with E-state index in [1.165, 1.54) is 25.7 Å². The number of hydrazine groups is 1. The van der Waals surface area contributed by atoms with Gasteiger partial charge in [0.15, 0.2) is 0 Å². The van der Waals surface area contributed by atoms with Crippen molar-refractivity contribution in [2.75, 3.05) is 0 Å². The van der Waals surface area contributed by atoms with E-state index >= 15 is 0 Å². The highest BCUT2D eigenvalue weighted by Gasteiger charge is 2.38. The number of amides is 1. The fourth-order valence-corrected chi connectivity index (χ4v) is 3.16. The van der Waals surface area contributed by atoms with E-state index in [-0.39, 0.29) is 11.8 Å². The van der Waals surface area contributed by atoms with Gasteiger partial charge in [-0.1, -0.05) is 12.5 Å². The van der Waals surface area contributed by atoms with Gasteiger partial charge < -0.3 is 0 Å². The maximum absolute atomic E-state index is 11.3. The number of nitrogens with two attached hydrogens (primary N) is 1. The summed E-state index contributed by atoms with van der Waals surface area (Å²) in [7, 11) is 0. The van der Waals surface area contributed by atoms with Crippen LogP contribution in [-0.2, 0) is 4.79 Å². The van der Waals surface area contributed by atoms with Gasteiger partial charge in [-0.2, -0.15) is 0 Å². The van der Waals surface area contributed by atoms with Gasteiger partial charge in [0.25, 0.3) is 0 Å². The van der Waals surface area contributed by atoms with Crippen LogP contribution in [0, 0.1) is 17.8 Å². The van der Waals surface area contributed by atoms with E-state index in [9.17, 15) is 4.79 Å². The third kappa shape index (κ3) is 3.29. The molecule has 2 aliphatic carbocycles. The van der Waals surface area contributed by atoms with Gasteiger partial charge in [-0.15, -0.1) is 0 Å². The van der Waals surface area contributed by atoms with Crippen molar-refractivity contribution in [2.45, 2.75) is 32.1 Å². The molecule has 0 radical (unpaired) electrons. The Labute approximate surface area is 108 Å². The first-order valence-corrected chi connectivity index (χ1v) is 6.66. The summed E-state index contributed by atoms with van der Waals surface area (Å²) in [5.74, 6) is 6.95. The lowest BCUT2D eigenvalue weighted by molar-refractivity contribution is -0.127. The third-order valence-electron chi connectivity index (χ3n) is 4.08. The van der Waals surface area contributed by atoms with E-state index in [4.69, 9.17) is 5.84 Å². The van der Waals surface area contributed by atoms with Crippen molar-refractivity contribution in [3.63, 3.8) is 0 Å². The summed E-state index contributed by atoms with van der Waals surface area (Å²) in [5, 5.41) is 0. The topological polar surface area (TPSA) is 68.0 Å². The molecule has 2 fully saturated rings. The number of hydrogen-bond donors (Lipinski definition) is 2. The average molecular weight is 247 g/mol. The highest BCUT2D eigenvalue weighted by atomic mass is 16.2. The van der Waals surface area contributed by atoms with Gasteiger partial charge in [0, 0.05) is 18.3 Å². The predicted octanol–water partition coefficient (Wildman–Crippen LogP) is 1.88. The van der Waals surface area contributed by atoms with Crippen molar-refractivity contribution in [2.24, 2.45) is 23.6 Å². The quantitative estimate of drug-likeness (QED) is 0.452. The van der Waals surface area contributed by atoms with Gasteiger partial charge in [0.05, 0.1) is 0 Å². The second-order valence-corrected chi connectivity index (χ2v) is 5.16. The van der Waals surface area contributed by atoms with Crippen LogP contribution in [0.4, 0.5) is 0 Å². The minimum atomic E-state index is 0.0559. The fraction of sp³-hybridized carbons (Fsp3) is 0.571. The number of nitrogens with zero attached hydrogens (tertiary/aromatic N) is 1. The van der Waals surface area contributed by atoms with E-state index in [1.54, 1.807) is 12.4 Å². The molecule has 3 unspecified atom stereocenters. The van der Waals surface area contributed by atoms with Crippen molar-refractivity contribution in [1.29, 1.82) is 0 Å². The van der Waals surface area contributed by atoms with Crippen LogP contribution in [-0.4, -0.2) is 10.9 Å². The summed E-state index contributed by atoms with van der Waals surface area (Å²) in [6.07, 6.45) is 9.62. The Balaban J connectivity index is 0.000000169. The summed E-state index contributed by atoms with van der Waals surface area (Å²) < 4.78 is 0. The van der Waals surface area contributed by atoms with E-state index < -0.39 is 0 Å². The normalized spacial score (nSPS) is 29.1. The molecule has 1 aromatic heterocycles. The Morgan fingerprint density at radius 3 is 2.39 bits per heavy atom. The maximum atomic E-state index is 11.3. The lowest BCUT2D eigenvalue weighted by Crippen LogP contribution is -2.39. The van der Waals surface area contributed by atoms with Crippen LogP contribution < -0.4 is 11.3 Å². The van der Waals surface area contributed by atoms with Crippen molar-refractivity contribution in [3.05, 3.63) is 30.6 Å². The first kappa shape index (κ1) is 13.0. The lowest BCUT2D eigenvalue weighted by atomic mass is 9.79. The maximum Gasteiger partial charge on any atom is 0.237 e. The first-order valence-electron chi connectivity index (χ1n) is 6.66. The molecular weight excluding hydrogens is 226 g/mol. The number of fused-ring (bicyclic) bond motifs is 2. The molecular formula is C14H21N3O. The Kier molecular flexibility index (Phi) is 4.70. The molecule has 0 spiro atoms. The first-order chi connectivity index (χ1) is 8.81. The van der Waals surface area contributed by atoms with E-state index in [1.807, 2.05) is 18.2 Å². The van der Waals surface area contributed by atoms with Crippen LogP contribution >= 0.6 is 0 Å². The number of hydrogen-bond acceptors (Lipinski definition) is 3. The number of pyridine rings is 1. The Bertz CT molecular complexity index is 342. The molecule has 4 nitrogen and oxygen atoms in total. The number of carbonyl (C=O) groups is 1. The van der Waals surface area contributed by atoms with E-state index in [2.05, 4.69) is 10.4 Å². The van der Waals surface area contributed by atoms with Crippen molar-refractivity contribution >= 4 is 5.91 Å². The summed E-state index contributed by atoms with van der Waals surface area (Å²) in [5.41, 5.74) is 2.28. The van der Waals surface area contributed by atoms with Gasteiger partial charge in [0.1, 0.15) is 0 Å². The molecule has 2 aliphatic rings. The van der Waals surface area contributed by atoms with Crippen molar-refractivity contribution < 1.29 is 4.79 Å². The number of carbonyl (C=O) groups excluding carboxylic acids is 1. The minimum Gasteiger partial charge on any atom is -0.294 e. The summed E-state index contributed by atoms with van der Waals surface area (Å²) >= 11 is 0. The van der Waals surface area contributed by atoms with Crippen LogP contribution in [0.3, 0.4) is 0 Å². The van der Waals surface area contributed by atoms with E-state index in [0.717, 1.165) is 12.3 Å². The van der Waals surface area contributed by atoms with Crippen LogP contribution in [0.5, 0.6) is 0 Å². The highest BCUT2D eigenvalue weighted by Crippen LogP contribution is 2.45. The Morgan fingerprint density at radius 2 is 1.83 bits per heavy atom. The minimum absolute atomic E-state index is 0.0559. The zero-order valence-corrected chi connectivity index (χ0v) is 10.6. The molecule has 18 heavy (non-hydrogen) atoms. The number of nitrogens with one attached hydrogen (secondary N) is 1. The fourth-order valence-electron chi connectivity index (χ4n) is 3.16. The SMILES string of the molecule is NNC(=O)C1CCC2CCC1C2.c1ccncc1. The predicted molar refractivity (Wildman–Crippen MR) is 70.1 cm³/mol. The zero-order chi connectivity index (χ0) is 12.8. The van der Waals surface area contributed by atoms with Crippen LogP contribution in [0.2, 0.25) is 0 Å². The molecule has 3 N–H and O–H groups in total. The molecule has 0 aliphatic heterocycles. The van der Waals surface area contributed by atoms with Crippen molar-refractivity contribution in [3.8, 4) is 0 Å². The Hall–Kier alpha value is -1.42. The molecule has 2 saturated carbocycles. The smallest absolute Gasteiger partial charge is 0.237 e. The molecule has 1 aromatic rings. The number of aromatic nitrogens is 1. The van der Waals surface area contributed by atoms with Crippen LogP contribution in [0.15, 0.2) is 30.6 Å². The number of rotatable bonds is 1. The summed E-state index contributed by atoms with van der Waals surface area (Å²) in [6, 6.07) is 5.72. The van der Waals surface area contributed by atoms with Crippen molar-refractivity contribution in [1.82, 2.24) is 10.4 Å². The summed E-state index contributed by atoms with van der Waals surface area (Å²) in [4.78, 5) is 15.1. The zero-order valence-electron chi connectivity index (χ0n) is 10.6. The Morgan fingerprint density at radius 1 is 1.11 bits per heavy atom. The van der Waals surface area contributed by atoms with Gasteiger partial charge in [-0.3, -0.25) is 15.2 Å². The van der Waals surface area contributed by atoms with Crippen LogP contribution in [0.25, 0.3) is 0 Å². The lowest BCUT2D eigenvalue weighted by Gasteiger charge is -2.26. The molecule has 4 heteroatoms. The van der Waals surface area contributed by atoms with Gasteiger partial charge in [0.2, 0.25) is 5.91 Å². The molecule has 3 atom stereocenters. The van der Waals surface area contributed by atoms with Gasteiger partial charge in [-0.25, -0.2) is 5.84 Å². The summed E-state index contributed by atoms with van der Waals surface area (Å²) in [6.45, 7) is 0. The second kappa shape index (κ2) is 6.50. The molecule has 0 saturated heterocycles. The standard InChI is InChI=1S/C9H16N2O.C5H5N/c10-11-9(12)8-4-2-6-1-3-7(8)5-6;1-2-4-6-5-3-1/h6-8H,1-5,10H2,(H,11,12);1-5H. The molecule has 0 aromatic carbocycles. The van der Waals surface area contributed by atoms with Crippen LogP contribution in [0.1, 0.15) is 32.1 Å². The second-order valence-electron chi connectivity index (χ2n) is 5.16. The molecule has 98 valence electrons. The van der Waals surface area contributed by atoms with E-state index in [0.29, 0.717) is 5.92 Å². The third-order valence-corrected chi connectivity index (χ3v) is 4.08. The van der Waals surface area contributed by atoms with Gasteiger partial charge >= 0.3 is 0 Å². The molecule has 1 amide bonds. The monoisotopic (exact) mass is 247 g/mol. The van der Waals surface area contributed by atoms with Gasteiger partial charge in [-0.05, 0) is 49.7 Å². The largest absolute Gasteiger partial charge is 0.294 e.